The SMILES string of the molecule is C=C[C@@H]([C@H](O)CCc1ccccc1)[Si](C)(C)c1ccccc1. The first-order chi connectivity index (χ1) is 10.6. The van der Waals surface area contributed by atoms with Gasteiger partial charge >= 0.3 is 0 Å². The average molecular weight is 311 g/mol. The molecule has 0 unspecified atom stereocenters. The standard InChI is InChI=1S/C20H26OSi/c1-4-20(22(2,3)18-13-9-6-10-14-18)19(21)16-15-17-11-7-5-8-12-17/h4-14,19-21H,1,15-16H2,2-3H3/t19-,20+/m1/s1. The van der Waals surface area contributed by atoms with E-state index in [2.05, 4.69) is 68.2 Å². The van der Waals surface area contributed by atoms with Crippen molar-refractivity contribution in [3.63, 3.8) is 0 Å². The Morgan fingerprint density at radius 2 is 1.55 bits per heavy atom. The fourth-order valence-electron chi connectivity index (χ4n) is 3.13. The molecule has 0 bridgehead atoms. The van der Waals surface area contributed by atoms with Crippen molar-refractivity contribution < 1.29 is 5.11 Å². The van der Waals surface area contributed by atoms with E-state index in [1.807, 2.05) is 18.2 Å². The Kier molecular flexibility index (Phi) is 5.75. The molecule has 2 heteroatoms. The van der Waals surface area contributed by atoms with Gasteiger partial charge in [-0.3, -0.25) is 0 Å². The second kappa shape index (κ2) is 7.57. The zero-order valence-corrected chi connectivity index (χ0v) is 14.6. The van der Waals surface area contributed by atoms with Gasteiger partial charge in [0.25, 0.3) is 0 Å². The summed E-state index contributed by atoms with van der Waals surface area (Å²) in [6.45, 7) is 8.64. The highest BCUT2D eigenvalue weighted by molar-refractivity contribution is 6.91. The van der Waals surface area contributed by atoms with Gasteiger partial charge in [0.05, 0.1) is 14.2 Å². The Morgan fingerprint density at radius 3 is 2.09 bits per heavy atom. The lowest BCUT2D eigenvalue weighted by molar-refractivity contribution is 0.166. The molecule has 1 N–H and O–H groups in total. The Labute approximate surface area is 135 Å². The van der Waals surface area contributed by atoms with Gasteiger partial charge in [-0.1, -0.05) is 85.0 Å². The minimum atomic E-state index is -1.78. The molecular weight excluding hydrogens is 284 g/mol. The van der Waals surface area contributed by atoms with E-state index in [1.54, 1.807) is 0 Å². The van der Waals surface area contributed by atoms with Crippen molar-refractivity contribution in [3.05, 3.63) is 78.9 Å². The van der Waals surface area contributed by atoms with E-state index >= 15 is 0 Å². The van der Waals surface area contributed by atoms with Crippen molar-refractivity contribution in [2.75, 3.05) is 0 Å². The largest absolute Gasteiger partial charge is 0.393 e. The number of benzene rings is 2. The molecule has 0 fully saturated rings. The van der Waals surface area contributed by atoms with Crippen LogP contribution in [-0.2, 0) is 6.42 Å². The highest BCUT2D eigenvalue weighted by Gasteiger charge is 2.35. The normalized spacial score (nSPS) is 14.3. The minimum Gasteiger partial charge on any atom is -0.393 e. The fraction of sp³-hybridized carbons (Fsp3) is 0.300. The summed E-state index contributed by atoms with van der Waals surface area (Å²) in [4.78, 5) is 0. The van der Waals surface area contributed by atoms with E-state index in [1.165, 1.54) is 10.8 Å². The number of aliphatic hydroxyl groups is 1. The summed E-state index contributed by atoms with van der Waals surface area (Å²) in [6, 6.07) is 21.0. The van der Waals surface area contributed by atoms with E-state index in [0.717, 1.165) is 12.8 Å². The van der Waals surface area contributed by atoms with Crippen LogP contribution >= 0.6 is 0 Å². The quantitative estimate of drug-likeness (QED) is 0.601. The second-order valence-corrected chi connectivity index (χ2v) is 11.1. The number of aliphatic hydroxyl groups excluding tert-OH is 1. The van der Waals surface area contributed by atoms with Gasteiger partial charge in [0, 0.05) is 5.54 Å². The molecule has 0 spiro atoms. The molecule has 0 aliphatic carbocycles. The van der Waals surface area contributed by atoms with Crippen LogP contribution in [0.2, 0.25) is 18.6 Å². The lowest BCUT2D eigenvalue weighted by atomic mass is 10.0. The molecule has 0 aromatic heterocycles. The first-order valence-electron chi connectivity index (χ1n) is 7.95. The summed E-state index contributed by atoms with van der Waals surface area (Å²) in [6.07, 6.45) is 3.32. The van der Waals surface area contributed by atoms with Gasteiger partial charge in [-0.15, -0.1) is 6.58 Å². The number of hydrogen-bond donors (Lipinski definition) is 1. The maximum Gasteiger partial charge on any atom is 0.0901 e. The van der Waals surface area contributed by atoms with Crippen molar-refractivity contribution in [1.29, 1.82) is 0 Å². The van der Waals surface area contributed by atoms with Crippen LogP contribution in [0.5, 0.6) is 0 Å². The van der Waals surface area contributed by atoms with Gasteiger partial charge in [-0.2, -0.15) is 0 Å². The van der Waals surface area contributed by atoms with Gasteiger partial charge in [-0.25, -0.2) is 0 Å². The first-order valence-corrected chi connectivity index (χ1v) is 11.0. The van der Waals surface area contributed by atoms with Crippen LogP contribution in [0, 0.1) is 0 Å². The molecule has 22 heavy (non-hydrogen) atoms. The lowest BCUT2D eigenvalue weighted by Crippen LogP contribution is -2.49. The topological polar surface area (TPSA) is 20.2 Å². The van der Waals surface area contributed by atoms with Crippen molar-refractivity contribution in [2.45, 2.75) is 37.6 Å². The molecule has 116 valence electrons. The molecule has 2 aromatic rings. The van der Waals surface area contributed by atoms with E-state index in [9.17, 15) is 5.11 Å². The first kappa shape index (κ1) is 16.7. The van der Waals surface area contributed by atoms with E-state index in [-0.39, 0.29) is 11.6 Å². The molecule has 2 atom stereocenters. The second-order valence-electron chi connectivity index (χ2n) is 6.44. The Bertz CT molecular complexity index is 577. The molecule has 0 saturated heterocycles. The molecule has 1 nitrogen and oxygen atoms in total. The molecule has 0 saturated carbocycles. The van der Waals surface area contributed by atoms with Gasteiger partial charge in [0.15, 0.2) is 0 Å². The Morgan fingerprint density at radius 1 is 1.00 bits per heavy atom. The zero-order valence-electron chi connectivity index (χ0n) is 13.6. The molecule has 0 heterocycles. The van der Waals surface area contributed by atoms with Crippen LogP contribution in [0.4, 0.5) is 0 Å². The van der Waals surface area contributed by atoms with Crippen molar-refractivity contribution in [3.8, 4) is 0 Å². The Hall–Kier alpha value is -1.64. The predicted octanol–water partition coefficient (Wildman–Crippen LogP) is 4.15. The van der Waals surface area contributed by atoms with Crippen molar-refractivity contribution in [1.82, 2.24) is 0 Å². The average Bonchev–Trinajstić information content (AvgIpc) is 2.55. The summed E-state index contributed by atoms with van der Waals surface area (Å²) < 4.78 is 0. The van der Waals surface area contributed by atoms with Crippen LogP contribution in [0.25, 0.3) is 0 Å². The number of aryl methyl sites for hydroxylation is 1. The highest BCUT2D eigenvalue weighted by Crippen LogP contribution is 2.29. The zero-order chi connectivity index (χ0) is 16.0. The van der Waals surface area contributed by atoms with Gasteiger partial charge < -0.3 is 5.11 Å². The maximum atomic E-state index is 10.7. The Balaban J connectivity index is 2.08. The molecular formula is C20H26OSi. The molecule has 0 aliphatic heterocycles. The van der Waals surface area contributed by atoms with Crippen LogP contribution in [0.15, 0.2) is 73.3 Å². The van der Waals surface area contributed by atoms with E-state index in [0.29, 0.717) is 0 Å². The maximum absolute atomic E-state index is 10.7. The van der Waals surface area contributed by atoms with Gasteiger partial charge in [-0.05, 0) is 18.4 Å². The minimum absolute atomic E-state index is 0.165. The fourth-order valence-corrected chi connectivity index (χ4v) is 6.29. The summed E-state index contributed by atoms with van der Waals surface area (Å²) in [5.74, 6) is 0. The van der Waals surface area contributed by atoms with Crippen LogP contribution in [0.3, 0.4) is 0 Å². The monoisotopic (exact) mass is 310 g/mol. The molecule has 0 amide bonds. The highest BCUT2D eigenvalue weighted by atomic mass is 28.3. The summed E-state index contributed by atoms with van der Waals surface area (Å²) >= 11 is 0. The molecule has 0 radical (unpaired) electrons. The van der Waals surface area contributed by atoms with Gasteiger partial charge in [0.1, 0.15) is 0 Å². The van der Waals surface area contributed by atoms with Crippen molar-refractivity contribution in [2.24, 2.45) is 0 Å². The van der Waals surface area contributed by atoms with Gasteiger partial charge in [0.2, 0.25) is 0 Å². The smallest absolute Gasteiger partial charge is 0.0901 e. The summed E-state index contributed by atoms with van der Waals surface area (Å²) in [7, 11) is -1.78. The predicted molar refractivity (Wildman–Crippen MR) is 98.3 cm³/mol. The molecule has 0 aliphatic rings. The summed E-state index contributed by atoms with van der Waals surface area (Å²) in [5, 5.41) is 12.1. The third-order valence-corrected chi connectivity index (χ3v) is 8.70. The number of rotatable bonds is 7. The van der Waals surface area contributed by atoms with E-state index in [4.69, 9.17) is 0 Å². The summed E-state index contributed by atoms with van der Waals surface area (Å²) in [5.41, 5.74) is 1.45. The van der Waals surface area contributed by atoms with Crippen LogP contribution in [0.1, 0.15) is 12.0 Å². The van der Waals surface area contributed by atoms with Crippen LogP contribution < -0.4 is 5.19 Å². The molecule has 2 rings (SSSR count). The van der Waals surface area contributed by atoms with E-state index < -0.39 is 8.07 Å². The van der Waals surface area contributed by atoms with Crippen molar-refractivity contribution >= 4 is 13.3 Å². The third-order valence-electron chi connectivity index (χ3n) is 4.59. The number of hydrogen-bond acceptors (Lipinski definition) is 1. The van der Waals surface area contributed by atoms with Crippen LogP contribution in [-0.4, -0.2) is 19.3 Å². The third kappa shape index (κ3) is 3.96. The lowest BCUT2D eigenvalue weighted by Gasteiger charge is -2.34. The molecule has 2 aromatic carbocycles.